The predicted octanol–water partition coefficient (Wildman–Crippen LogP) is 10.6. The fraction of sp³-hybridized carbons (Fsp3) is 0.143. The van der Waals surface area contributed by atoms with Crippen molar-refractivity contribution in [3.05, 3.63) is 212 Å². The molecular formula is C56H44Si. The lowest BCUT2D eigenvalue weighted by Crippen LogP contribution is -2.75. The Labute approximate surface area is 337 Å². The van der Waals surface area contributed by atoms with E-state index < -0.39 is 8.07 Å². The van der Waals surface area contributed by atoms with Gasteiger partial charge in [0.1, 0.15) is 0 Å². The molecule has 57 heavy (non-hydrogen) atoms. The summed E-state index contributed by atoms with van der Waals surface area (Å²) in [6.45, 7) is 8.89. The number of hydrogen-bond donors (Lipinski definition) is 0. The fourth-order valence-electron chi connectivity index (χ4n) is 11.3. The molecule has 1 heteroatoms. The van der Waals surface area contributed by atoms with E-state index in [4.69, 9.17) is 0 Å². The van der Waals surface area contributed by atoms with E-state index in [1.165, 1.54) is 132 Å². The van der Waals surface area contributed by atoms with Gasteiger partial charge in [0.2, 0.25) is 0 Å². The van der Waals surface area contributed by atoms with Gasteiger partial charge in [-0.05, 0) is 163 Å². The maximum atomic E-state index is 2.64. The summed E-state index contributed by atoms with van der Waals surface area (Å²) in [5.74, 6) is 0. The molecule has 0 fully saturated rings. The first-order chi connectivity index (χ1) is 27.8. The molecule has 0 bridgehead atoms. The number of benzene rings is 8. The highest BCUT2D eigenvalue weighted by atomic mass is 28.3. The van der Waals surface area contributed by atoms with Gasteiger partial charge in [-0.15, -0.1) is 0 Å². The SMILES string of the molecule is Cc1ccc2c(c1)Cc1cc([Si](c3ccc4c(c3)Cc3cc(C)ccc3-4)(c3ccc4c(c3)Cc3cc(C)ccc3-4)c3ccc4c(c3)Cc3cc(C)ccc3-4)ccc1-2. The summed E-state index contributed by atoms with van der Waals surface area (Å²) in [6, 6.07) is 58.7. The number of hydrogen-bond acceptors (Lipinski definition) is 0. The van der Waals surface area contributed by atoms with Crippen LogP contribution in [0.1, 0.15) is 66.8 Å². The lowest BCUT2D eigenvalue weighted by atomic mass is 10.0. The molecule has 0 aromatic heterocycles. The third-order valence-corrected chi connectivity index (χ3v) is 18.6. The Hall–Kier alpha value is -6.02. The van der Waals surface area contributed by atoms with Crippen molar-refractivity contribution in [3.8, 4) is 44.5 Å². The second-order valence-corrected chi connectivity index (χ2v) is 21.4. The number of fused-ring (bicyclic) bond motifs is 12. The highest BCUT2D eigenvalue weighted by molar-refractivity contribution is 7.20. The van der Waals surface area contributed by atoms with Gasteiger partial charge in [-0.3, -0.25) is 0 Å². The van der Waals surface area contributed by atoms with Crippen LogP contribution in [-0.2, 0) is 25.7 Å². The van der Waals surface area contributed by atoms with E-state index in [0.717, 1.165) is 25.7 Å². The van der Waals surface area contributed by atoms with Crippen LogP contribution >= 0.6 is 0 Å². The van der Waals surface area contributed by atoms with Gasteiger partial charge >= 0.3 is 0 Å². The van der Waals surface area contributed by atoms with Crippen LogP contribution in [0.5, 0.6) is 0 Å². The van der Waals surface area contributed by atoms with Gasteiger partial charge < -0.3 is 0 Å². The van der Waals surface area contributed by atoms with Crippen LogP contribution in [0.3, 0.4) is 0 Å². The summed E-state index contributed by atoms with van der Waals surface area (Å²) in [6.07, 6.45) is 3.95. The van der Waals surface area contributed by atoms with Crippen molar-refractivity contribution in [2.24, 2.45) is 0 Å². The minimum Gasteiger partial charge on any atom is -0.0613 e. The molecule has 0 unspecified atom stereocenters. The standard InChI is InChI=1S/C56H44Si/c1-33-5-13-49-37(21-33)25-41-29-45(9-17-53(41)49)57(46-10-18-54-42(30-46)26-38-22-34(2)6-14-50(38)54,47-11-19-55-43(31-47)27-39-23-35(3)7-15-51(39)55)48-12-20-56-44(32-48)28-40-24-36(4)8-16-52(40)56/h5-24,29-32H,25-28H2,1-4H3. The zero-order valence-electron chi connectivity index (χ0n) is 33.2. The van der Waals surface area contributed by atoms with Crippen LogP contribution in [0.4, 0.5) is 0 Å². The van der Waals surface area contributed by atoms with Gasteiger partial charge in [-0.2, -0.15) is 0 Å². The van der Waals surface area contributed by atoms with Crippen LogP contribution < -0.4 is 20.7 Å². The summed E-state index contributed by atoms with van der Waals surface area (Å²) >= 11 is 0. The Bertz CT molecular complexity index is 2650. The first kappa shape index (κ1) is 33.1. The molecule has 0 aliphatic heterocycles. The van der Waals surface area contributed by atoms with Crippen molar-refractivity contribution in [1.29, 1.82) is 0 Å². The van der Waals surface area contributed by atoms with Crippen molar-refractivity contribution in [3.63, 3.8) is 0 Å². The van der Waals surface area contributed by atoms with Crippen molar-refractivity contribution in [1.82, 2.24) is 0 Å². The van der Waals surface area contributed by atoms with E-state index in [1.54, 1.807) is 0 Å². The summed E-state index contributed by atoms with van der Waals surface area (Å²) in [5.41, 5.74) is 28.2. The Morgan fingerprint density at radius 1 is 0.246 bits per heavy atom. The summed E-state index contributed by atoms with van der Waals surface area (Å²) in [7, 11) is -2.93. The van der Waals surface area contributed by atoms with Crippen molar-refractivity contribution in [2.75, 3.05) is 0 Å². The van der Waals surface area contributed by atoms with E-state index in [0.29, 0.717) is 0 Å². The average molecular weight is 745 g/mol. The first-order valence-electron chi connectivity index (χ1n) is 20.7. The van der Waals surface area contributed by atoms with Crippen LogP contribution in [0.25, 0.3) is 44.5 Å². The third-order valence-electron chi connectivity index (χ3n) is 13.9. The number of aryl methyl sites for hydroxylation is 4. The van der Waals surface area contributed by atoms with Crippen molar-refractivity contribution >= 4 is 28.8 Å². The minimum atomic E-state index is -2.93. The maximum Gasteiger partial charge on any atom is 0.179 e. The average Bonchev–Trinajstić information content (AvgIpc) is 3.96. The van der Waals surface area contributed by atoms with E-state index in [-0.39, 0.29) is 0 Å². The Morgan fingerprint density at radius 2 is 0.439 bits per heavy atom. The zero-order valence-corrected chi connectivity index (χ0v) is 34.2. The smallest absolute Gasteiger partial charge is 0.0613 e. The van der Waals surface area contributed by atoms with Crippen LogP contribution in [-0.4, -0.2) is 8.07 Å². The predicted molar refractivity (Wildman–Crippen MR) is 242 cm³/mol. The molecule has 0 radical (unpaired) electrons. The second-order valence-electron chi connectivity index (χ2n) is 17.6. The lowest BCUT2D eigenvalue weighted by molar-refractivity contribution is 1.25. The van der Waals surface area contributed by atoms with Gasteiger partial charge in [-0.1, -0.05) is 168 Å². The van der Waals surface area contributed by atoms with Crippen molar-refractivity contribution < 1.29 is 0 Å². The molecule has 0 atom stereocenters. The molecule has 0 saturated heterocycles. The molecule has 0 nitrogen and oxygen atoms in total. The zero-order chi connectivity index (χ0) is 38.2. The Kier molecular flexibility index (Phi) is 6.97. The third kappa shape index (κ3) is 4.85. The summed E-state index contributed by atoms with van der Waals surface area (Å²) in [4.78, 5) is 0. The Morgan fingerprint density at radius 3 is 0.667 bits per heavy atom. The van der Waals surface area contributed by atoms with Crippen molar-refractivity contribution in [2.45, 2.75) is 53.4 Å². The molecule has 272 valence electrons. The quantitative estimate of drug-likeness (QED) is 0.124. The topological polar surface area (TPSA) is 0 Å². The first-order valence-corrected chi connectivity index (χ1v) is 22.7. The van der Waals surface area contributed by atoms with E-state index in [9.17, 15) is 0 Å². The highest BCUT2D eigenvalue weighted by Crippen LogP contribution is 2.41. The van der Waals surface area contributed by atoms with Gasteiger partial charge in [-0.25, -0.2) is 0 Å². The Balaban J connectivity index is 1.13. The van der Waals surface area contributed by atoms with E-state index in [1.807, 2.05) is 0 Å². The monoisotopic (exact) mass is 744 g/mol. The molecule has 8 aromatic rings. The largest absolute Gasteiger partial charge is 0.179 e. The normalized spacial score (nSPS) is 13.7. The molecule has 0 N–H and O–H groups in total. The number of rotatable bonds is 4. The molecule has 0 heterocycles. The molecule has 8 aromatic carbocycles. The summed E-state index contributed by atoms with van der Waals surface area (Å²) < 4.78 is 0. The minimum absolute atomic E-state index is 0.987. The lowest BCUT2D eigenvalue weighted by Gasteiger charge is -2.36. The van der Waals surface area contributed by atoms with Gasteiger partial charge in [0.15, 0.2) is 8.07 Å². The van der Waals surface area contributed by atoms with Gasteiger partial charge in [0.05, 0.1) is 0 Å². The van der Waals surface area contributed by atoms with Gasteiger partial charge in [0.25, 0.3) is 0 Å². The molecule has 0 amide bonds. The van der Waals surface area contributed by atoms with Gasteiger partial charge in [0, 0.05) is 0 Å². The molecule has 12 rings (SSSR count). The maximum absolute atomic E-state index is 2.93. The van der Waals surface area contributed by atoms with Crippen LogP contribution in [0, 0.1) is 27.7 Å². The molecule has 0 spiro atoms. The molecule has 4 aliphatic carbocycles. The molecule has 4 aliphatic rings. The fourth-order valence-corrected chi connectivity index (χ4v) is 16.2. The second kappa shape index (κ2) is 12.0. The van der Waals surface area contributed by atoms with E-state index >= 15 is 0 Å². The van der Waals surface area contributed by atoms with Crippen LogP contribution in [0.15, 0.2) is 146 Å². The summed E-state index contributed by atoms with van der Waals surface area (Å²) in [5, 5.41) is 5.92. The van der Waals surface area contributed by atoms with E-state index in [2.05, 4.69) is 173 Å². The molecular weight excluding hydrogens is 701 g/mol. The highest BCUT2D eigenvalue weighted by Gasteiger charge is 2.44. The van der Waals surface area contributed by atoms with Crippen LogP contribution in [0.2, 0.25) is 0 Å². The molecule has 0 saturated carbocycles.